The van der Waals surface area contributed by atoms with Gasteiger partial charge < -0.3 is 9.47 Å². The Morgan fingerprint density at radius 3 is 2.44 bits per heavy atom. The largest absolute Gasteiger partial charge is 0.629 e. The fraction of sp³-hybridized carbons (Fsp3) is 0.364. The van der Waals surface area contributed by atoms with E-state index in [1.807, 2.05) is 0 Å². The van der Waals surface area contributed by atoms with E-state index < -0.39 is 41.7 Å². The molecular formula is C22H20ClF3N2O7P+. The van der Waals surface area contributed by atoms with Crippen LogP contribution < -0.4 is 10.0 Å². The summed E-state index contributed by atoms with van der Waals surface area (Å²) in [5, 5.41) is 14.6. The van der Waals surface area contributed by atoms with Crippen LogP contribution in [0, 0.1) is 16.0 Å². The lowest BCUT2D eigenvalue weighted by atomic mass is 10.1. The predicted molar refractivity (Wildman–Crippen MR) is 124 cm³/mol. The Labute approximate surface area is 209 Å². The number of alkyl halides is 3. The molecule has 1 fully saturated rings. The van der Waals surface area contributed by atoms with Crippen molar-refractivity contribution in [3.05, 3.63) is 56.6 Å². The molecule has 0 aromatic heterocycles. The maximum atomic E-state index is 12.9. The van der Waals surface area contributed by atoms with Crippen LogP contribution in [0.4, 0.5) is 18.9 Å². The van der Waals surface area contributed by atoms with Gasteiger partial charge in [-0.05, 0) is 54.1 Å². The molecule has 192 valence electrons. The first-order chi connectivity index (χ1) is 17.0. The van der Waals surface area contributed by atoms with Gasteiger partial charge in [0.2, 0.25) is 0 Å². The Bertz CT molecular complexity index is 1230. The number of nitro benzene ring substituents is 1. The summed E-state index contributed by atoms with van der Waals surface area (Å²) in [4.78, 5) is 22.9. The summed E-state index contributed by atoms with van der Waals surface area (Å²) in [6, 6.07) is 4.67. The normalized spacial score (nSPS) is 14.3. The van der Waals surface area contributed by atoms with Gasteiger partial charge in [0.15, 0.2) is 5.71 Å². The van der Waals surface area contributed by atoms with Crippen molar-refractivity contribution in [1.29, 1.82) is 0 Å². The predicted octanol–water partition coefficient (Wildman–Crippen LogP) is 6.34. The number of nitro groups is 1. The Hall–Kier alpha value is -3.24. The first-order valence-electron chi connectivity index (χ1n) is 10.7. The zero-order valence-corrected chi connectivity index (χ0v) is 20.7. The van der Waals surface area contributed by atoms with Crippen molar-refractivity contribution in [3.8, 4) is 11.5 Å². The van der Waals surface area contributed by atoms with E-state index in [1.54, 1.807) is 13.8 Å². The molecule has 2 aromatic carbocycles. The number of carbonyl (C=O) groups is 1. The Balaban J connectivity index is 1.96. The number of benzene rings is 2. The van der Waals surface area contributed by atoms with Gasteiger partial charge in [-0.1, -0.05) is 18.5 Å². The molecule has 1 unspecified atom stereocenters. The minimum absolute atomic E-state index is 0.0245. The minimum Gasteiger partial charge on any atom is -0.461 e. The van der Waals surface area contributed by atoms with Gasteiger partial charge >= 0.3 is 31.2 Å². The second kappa shape index (κ2) is 11.2. The summed E-state index contributed by atoms with van der Waals surface area (Å²) in [6.07, 6.45) is -3.06. The monoisotopic (exact) mass is 547 g/mol. The van der Waals surface area contributed by atoms with Crippen LogP contribution in [0.2, 0.25) is 5.02 Å². The number of nitrogens with zero attached hydrogens (tertiary/aromatic N) is 2. The highest BCUT2D eigenvalue weighted by molar-refractivity contribution is 7.48. The van der Waals surface area contributed by atoms with Crippen LogP contribution in [0.5, 0.6) is 11.5 Å². The van der Waals surface area contributed by atoms with Crippen molar-refractivity contribution in [2.24, 2.45) is 11.1 Å². The number of esters is 1. The first-order valence-corrected chi connectivity index (χ1v) is 12.3. The number of oxime groups is 1. The number of aryl methyl sites for hydroxylation is 1. The molecule has 0 aliphatic heterocycles. The molecular weight excluding hydrogens is 528 g/mol. The molecule has 0 heterocycles. The van der Waals surface area contributed by atoms with Crippen molar-refractivity contribution in [2.75, 3.05) is 6.61 Å². The van der Waals surface area contributed by atoms with Gasteiger partial charge in [0, 0.05) is 23.6 Å². The third-order valence-corrected chi connectivity index (χ3v) is 6.35. The zero-order chi connectivity index (χ0) is 26.6. The maximum Gasteiger partial charge on any atom is 0.629 e. The van der Waals surface area contributed by atoms with Crippen LogP contribution in [0.3, 0.4) is 0 Å². The summed E-state index contributed by atoms with van der Waals surface area (Å²) in [6.45, 7) is 3.36. The van der Waals surface area contributed by atoms with Crippen molar-refractivity contribution >= 4 is 42.3 Å². The molecule has 0 bridgehead atoms. The van der Waals surface area contributed by atoms with E-state index in [9.17, 15) is 32.6 Å². The van der Waals surface area contributed by atoms with Gasteiger partial charge in [0.1, 0.15) is 11.5 Å². The van der Waals surface area contributed by atoms with E-state index in [-0.39, 0.29) is 41.2 Å². The highest BCUT2D eigenvalue weighted by Crippen LogP contribution is 2.39. The zero-order valence-electron chi connectivity index (χ0n) is 19.0. The third-order valence-electron chi connectivity index (χ3n) is 5.07. The molecule has 1 saturated carbocycles. The molecule has 1 atom stereocenters. The van der Waals surface area contributed by atoms with Crippen LogP contribution in [0.25, 0.3) is 0 Å². The lowest BCUT2D eigenvalue weighted by Crippen LogP contribution is -2.19. The lowest BCUT2D eigenvalue weighted by molar-refractivity contribution is -0.383. The highest BCUT2D eigenvalue weighted by Gasteiger charge is 2.40. The van der Waals surface area contributed by atoms with Crippen molar-refractivity contribution in [1.82, 2.24) is 0 Å². The number of halogens is 4. The van der Waals surface area contributed by atoms with Crippen LogP contribution in [-0.2, 0) is 31.3 Å². The molecule has 0 N–H and O–H groups in total. The van der Waals surface area contributed by atoms with Gasteiger partial charge in [-0.25, -0.2) is 4.79 Å². The molecule has 14 heteroatoms. The Morgan fingerprint density at radius 2 is 1.92 bits per heavy atom. The first kappa shape index (κ1) is 27.3. The Kier molecular flexibility index (Phi) is 8.52. The molecule has 3 rings (SSSR count). The second-order valence-corrected chi connectivity index (χ2v) is 9.18. The molecule has 9 nitrogen and oxygen atoms in total. The Morgan fingerprint density at radius 1 is 1.22 bits per heavy atom. The summed E-state index contributed by atoms with van der Waals surface area (Å²) >= 11 is 5.96. The summed E-state index contributed by atoms with van der Waals surface area (Å²) in [7, 11) is -2.98. The number of ether oxygens (including phenoxy) is 2. The van der Waals surface area contributed by atoms with Crippen molar-refractivity contribution in [3.63, 3.8) is 0 Å². The third kappa shape index (κ3) is 6.50. The topological polar surface area (TPSA) is 117 Å². The summed E-state index contributed by atoms with van der Waals surface area (Å²) < 4.78 is 67.2. The van der Waals surface area contributed by atoms with Crippen LogP contribution in [0.1, 0.15) is 37.8 Å². The molecule has 0 amide bonds. The van der Waals surface area contributed by atoms with E-state index in [2.05, 4.69) is 5.16 Å². The molecule has 36 heavy (non-hydrogen) atoms. The van der Waals surface area contributed by atoms with Crippen LogP contribution in [0.15, 0.2) is 35.5 Å². The number of carbonyl (C=O) groups excluding carboxylic acids is 1. The standard InChI is InChI=1S/C22H20ClF3N2O7P/c1-3-12-9-16(28(30)31)19(36(32)35-27-20(13-5-6-13)21(29)33-4-2)11-18(12)34-17-8-7-14(10-15(17)23)22(24,25)26/h7-11,13H,3-6H2,1-2H3/q+1. The molecule has 0 radical (unpaired) electrons. The second-order valence-electron chi connectivity index (χ2n) is 7.61. The van der Waals surface area contributed by atoms with Crippen LogP contribution >= 0.6 is 19.6 Å². The highest BCUT2D eigenvalue weighted by atomic mass is 35.5. The summed E-state index contributed by atoms with van der Waals surface area (Å²) in [5.41, 5.74) is -1.29. The smallest absolute Gasteiger partial charge is 0.461 e. The minimum atomic E-state index is -4.61. The molecule has 0 spiro atoms. The van der Waals surface area contributed by atoms with E-state index in [0.29, 0.717) is 24.5 Å². The lowest BCUT2D eigenvalue weighted by Gasteiger charge is -2.13. The van der Waals surface area contributed by atoms with E-state index in [0.717, 1.165) is 24.3 Å². The number of rotatable bonds is 10. The average molecular weight is 548 g/mol. The summed E-state index contributed by atoms with van der Waals surface area (Å²) in [5.74, 6) is -1.12. The maximum absolute atomic E-state index is 12.9. The van der Waals surface area contributed by atoms with Crippen molar-refractivity contribution < 1.29 is 41.6 Å². The molecule has 0 saturated heterocycles. The van der Waals surface area contributed by atoms with Gasteiger partial charge in [0.05, 0.1) is 22.1 Å². The van der Waals surface area contributed by atoms with Gasteiger partial charge in [-0.3, -0.25) is 10.1 Å². The SMILES string of the molecule is CCOC(=O)C(=NO[P+](=O)c1cc(Oc2ccc(C(F)(F)F)cc2Cl)c(CC)cc1[N+](=O)[O-])C1CC1. The quantitative estimate of drug-likeness (QED) is 0.112. The van der Waals surface area contributed by atoms with Crippen LogP contribution in [-0.4, -0.2) is 23.2 Å². The fourth-order valence-corrected chi connectivity index (χ4v) is 4.13. The van der Waals surface area contributed by atoms with E-state index in [4.69, 9.17) is 25.7 Å². The molecule has 1 aliphatic rings. The van der Waals surface area contributed by atoms with Gasteiger partial charge in [0.25, 0.3) is 0 Å². The van der Waals surface area contributed by atoms with Crippen molar-refractivity contribution in [2.45, 2.75) is 39.3 Å². The molecule has 1 aliphatic carbocycles. The van der Waals surface area contributed by atoms with Gasteiger partial charge in [-0.2, -0.15) is 13.2 Å². The van der Waals surface area contributed by atoms with Gasteiger partial charge in [-0.15, -0.1) is 4.62 Å². The van der Waals surface area contributed by atoms with E-state index >= 15 is 0 Å². The number of hydrogen-bond acceptors (Lipinski definition) is 8. The molecule has 2 aromatic rings. The fourth-order valence-electron chi connectivity index (χ4n) is 3.11. The van der Waals surface area contributed by atoms with E-state index in [1.165, 1.54) is 0 Å². The number of hydrogen-bond donors (Lipinski definition) is 0. The average Bonchev–Trinajstić information content (AvgIpc) is 3.64.